The molecule has 2 heteroatoms. The fourth-order valence-electron chi connectivity index (χ4n) is 2.54. The first-order valence-corrected chi connectivity index (χ1v) is 7.64. The first-order chi connectivity index (χ1) is 9.70. The average Bonchev–Trinajstić information content (AvgIpc) is 2.47. The van der Waals surface area contributed by atoms with Gasteiger partial charge in [0.05, 0.1) is 12.0 Å². The summed E-state index contributed by atoms with van der Waals surface area (Å²) in [5.74, 6) is 1.20. The lowest BCUT2D eigenvalue weighted by Gasteiger charge is -2.26. The Morgan fingerprint density at radius 2 is 2.05 bits per heavy atom. The van der Waals surface area contributed by atoms with Crippen LogP contribution in [0.5, 0.6) is 0 Å². The van der Waals surface area contributed by atoms with Gasteiger partial charge in [-0.25, -0.2) is 0 Å². The third kappa shape index (κ3) is 3.96. The zero-order valence-electron chi connectivity index (χ0n) is 12.5. The Labute approximate surface area is 121 Å². The van der Waals surface area contributed by atoms with Crippen LogP contribution in [0.2, 0.25) is 0 Å². The molecule has 0 aliphatic heterocycles. The van der Waals surface area contributed by atoms with Crippen LogP contribution in [0.3, 0.4) is 0 Å². The third-order valence-electron chi connectivity index (χ3n) is 3.95. The number of carbonyl (C=O) groups excluding carboxylic acids is 1. The van der Waals surface area contributed by atoms with Crippen molar-refractivity contribution >= 4 is 5.78 Å². The molecule has 20 heavy (non-hydrogen) atoms. The fraction of sp³-hybridized carbons (Fsp3) is 0.500. The maximum Gasteiger partial charge on any atom is 0.143 e. The highest BCUT2D eigenvalue weighted by Crippen LogP contribution is 2.28. The summed E-state index contributed by atoms with van der Waals surface area (Å²) in [6.45, 7) is 4.17. The Hall–Kier alpha value is -1.57. The van der Waals surface area contributed by atoms with E-state index in [1.807, 2.05) is 18.2 Å². The first kappa shape index (κ1) is 14.8. The van der Waals surface area contributed by atoms with Crippen molar-refractivity contribution < 1.29 is 9.53 Å². The molecule has 0 amide bonds. The van der Waals surface area contributed by atoms with Crippen LogP contribution in [0.15, 0.2) is 42.2 Å². The maximum absolute atomic E-state index is 12.2. The minimum Gasteiger partial charge on any atom is -0.495 e. The number of ether oxygens (including phenoxy) is 1. The number of Topliss-reactive ketones (excluding diaryl/α,β-unsaturated/α-hetero) is 1. The van der Waals surface area contributed by atoms with Gasteiger partial charge < -0.3 is 4.74 Å². The summed E-state index contributed by atoms with van der Waals surface area (Å²) >= 11 is 0. The van der Waals surface area contributed by atoms with E-state index in [1.165, 1.54) is 5.56 Å². The normalized spacial score (nSPS) is 20.4. The van der Waals surface area contributed by atoms with E-state index in [9.17, 15) is 4.79 Å². The summed E-state index contributed by atoms with van der Waals surface area (Å²) < 4.78 is 5.95. The molecule has 108 valence electrons. The first-order valence-electron chi connectivity index (χ1n) is 7.64. The smallest absolute Gasteiger partial charge is 0.143 e. The molecular formula is C18H24O2. The van der Waals surface area contributed by atoms with Gasteiger partial charge in [0.15, 0.2) is 0 Å². The number of aryl methyl sites for hydroxylation is 1. The van der Waals surface area contributed by atoms with Crippen molar-refractivity contribution in [3.05, 3.63) is 47.7 Å². The third-order valence-corrected chi connectivity index (χ3v) is 3.95. The number of benzene rings is 1. The Bertz CT molecular complexity index is 462. The highest BCUT2D eigenvalue weighted by Gasteiger charge is 2.27. The summed E-state index contributed by atoms with van der Waals surface area (Å²) in [4.78, 5) is 12.2. The van der Waals surface area contributed by atoms with Gasteiger partial charge in [0.2, 0.25) is 0 Å². The van der Waals surface area contributed by atoms with Crippen LogP contribution in [0.1, 0.15) is 45.1 Å². The highest BCUT2D eigenvalue weighted by molar-refractivity contribution is 5.84. The Kier molecular flexibility index (Phi) is 5.40. The zero-order chi connectivity index (χ0) is 14.4. The quantitative estimate of drug-likeness (QED) is 0.772. The molecule has 2 rings (SSSR count). The van der Waals surface area contributed by atoms with Crippen molar-refractivity contribution in [2.45, 2.75) is 52.1 Å². The SMILES string of the molecule is CCC(C)OC1=CCCC(=O)C1CCc1ccccc1. The van der Waals surface area contributed by atoms with Crippen LogP contribution >= 0.6 is 0 Å². The van der Waals surface area contributed by atoms with Crippen molar-refractivity contribution in [1.29, 1.82) is 0 Å². The molecule has 2 unspecified atom stereocenters. The Morgan fingerprint density at radius 1 is 1.30 bits per heavy atom. The number of ketones is 1. The van der Waals surface area contributed by atoms with Gasteiger partial charge in [0.25, 0.3) is 0 Å². The van der Waals surface area contributed by atoms with Gasteiger partial charge in [-0.1, -0.05) is 37.3 Å². The summed E-state index contributed by atoms with van der Waals surface area (Å²) in [6.07, 6.45) is 6.54. The topological polar surface area (TPSA) is 26.3 Å². The van der Waals surface area contributed by atoms with Gasteiger partial charge in [-0.15, -0.1) is 0 Å². The number of allylic oxidation sites excluding steroid dienone is 2. The van der Waals surface area contributed by atoms with Gasteiger partial charge in [-0.2, -0.15) is 0 Å². The van der Waals surface area contributed by atoms with E-state index in [-0.39, 0.29) is 12.0 Å². The summed E-state index contributed by atoms with van der Waals surface area (Å²) in [6, 6.07) is 10.3. The second-order valence-corrected chi connectivity index (χ2v) is 5.53. The number of carbonyl (C=O) groups is 1. The molecule has 2 atom stereocenters. The monoisotopic (exact) mass is 272 g/mol. The van der Waals surface area contributed by atoms with Crippen LogP contribution in [0.4, 0.5) is 0 Å². The molecule has 0 saturated carbocycles. The van der Waals surface area contributed by atoms with E-state index in [1.54, 1.807) is 0 Å². The predicted octanol–water partition coefficient (Wildman–Crippen LogP) is 4.30. The molecule has 1 aliphatic rings. The lowest BCUT2D eigenvalue weighted by Crippen LogP contribution is -2.24. The van der Waals surface area contributed by atoms with Gasteiger partial charge in [0.1, 0.15) is 11.5 Å². The van der Waals surface area contributed by atoms with Crippen LogP contribution < -0.4 is 0 Å². The maximum atomic E-state index is 12.2. The second kappa shape index (κ2) is 7.28. The second-order valence-electron chi connectivity index (χ2n) is 5.53. The zero-order valence-corrected chi connectivity index (χ0v) is 12.5. The molecule has 1 aromatic carbocycles. The van der Waals surface area contributed by atoms with Crippen molar-refractivity contribution in [3.63, 3.8) is 0 Å². The molecule has 0 fully saturated rings. The molecule has 0 aromatic heterocycles. The van der Waals surface area contributed by atoms with Crippen molar-refractivity contribution in [2.75, 3.05) is 0 Å². The van der Waals surface area contributed by atoms with Gasteiger partial charge in [0, 0.05) is 6.42 Å². The van der Waals surface area contributed by atoms with Crippen molar-refractivity contribution in [2.24, 2.45) is 5.92 Å². The molecule has 1 aromatic rings. The number of hydrogen-bond acceptors (Lipinski definition) is 2. The summed E-state index contributed by atoms with van der Waals surface area (Å²) in [7, 11) is 0. The van der Waals surface area contributed by atoms with E-state index >= 15 is 0 Å². The number of hydrogen-bond donors (Lipinski definition) is 0. The van der Waals surface area contributed by atoms with Crippen molar-refractivity contribution in [1.82, 2.24) is 0 Å². The summed E-state index contributed by atoms with van der Waals surface area (Å²) in [5, 5.41) is 0. The molecule has 0 radical (unpaired) electrons. The average molecular weight is 272 g/mol. The molecule has 0 bridgehead atoms. The summed E-state index contributed by atoms with van der Waals surface area (Å²) in [5.41, 5.74) is 1.29. The molecule has 2 nitrogen and oxygen atoms in total. The lowest BCUT2D eigenvalue weighted by atomic mass is 9.87. The highest BCUT2D eigenvalue weighted by atomic mass is 16.5. The standard InChI is InChI=1S/C18H24O2/c1-3-14(2)20-18-11-7-10-17(19)16(18)13-12-15-8-5-4-6-9-15/h4-6,8-9,11,14,16H,3,7,10,12-13H2,1-2H3. The van der Waals surface area contributed by atoms with E-state index in [0.29, 0.717) is 12.2 Å². The van der Waals surface area contributed by atoms with Gasteiger partial charge in [-0.05, 0) is 44.2 Å². The molecule has 0 heterocycles. The molecular weight excluding hydrogens is 248 g/mol. The molecule has 0 N–H and O–H groups in total. The van der Waals surface area contributed by atoms with E-state index in [4.69, 9.17) is 4.74 Å². The van der Waals surface area contributed by atoms with Gasteiger partial charge >= 0.3 is 0 Å². The molecule has 1 aliphatic carbocycles. The van der Waals surface area contributed by atoms with Crippen molar-refractivity contribution in [3.8, 4) is 0 Å². The van der Waals surface area contributed by atoms with Gasteiger partial charge in [-0.3, -0.25) is 4.79 Å². The predicted molar refractivity (Wildman–Crippen MR) is 81.4 cm³/mol. The molecule has 0 spiro atoms. The van der Waals surface area contributed by atoms with Crippen LogP contribution in [-0.2, 0) is 16.0 Å². The van der Waals surface area contributed by atoms with Crippen LogP contribution in [-0.4, -0.2) is 11.9 Å². The Balaban J connectivity index is 2.00. The van der Waals surface area contributed by atoms with Crippen LogP contribution in [0, 0.1) is 5.92 Å². The van der Waals surface area contributed by atoms with E-state index in [0.717, 1.165) is 31.4 Å². The number of rotatable bonds is 6. The fourth-order valence-corrected chi connectivity index (χ4v) is 2.54. The lowest BCUT2D eigenvalue weighted by molar-refractivity contribution is -0.124. The minimum absolute atomic E-state index is 0.0436. The van der Waals surface area contributed by atoms with Crippen LogP contribution in [0.25, 0.3) is 0 Å². The molecule has 0 saturated heterocycles. The Morgan fingerprint density at radius 3 is 2.75 bits per heavy atom. The van der Waals surface area contributed by atoms with E-state index in [2.05, 4.69) is 32.1 Å². The minimum atomic E-state index is -0.0436. The largest absolute Gasteiger partial charge is 0.495 e. The van der Waals surface area contributed by atoms with E-state index < -0.39 is 0 Å².